The first kappa shape index (κ1) is 34.3. The molecule has 4 rings (SSSR count). The van der Waals surface area contributed by atoms with Gasteiger partial charge in [0.25, 0.3) is 5.91 Å². The largest absolute Gasteiger partial charge is 0.449 e. The minimum Gasteiger partial charge on any atom is -0.449 e. The third-order valence-electron chi connectivity index (χ3n) is 7.94. The molecular weight excluding hydrogens is 603 g/mol. The summed E-state index contributed by atoms with van der Waals surface area (Å²) < 4.78 is 22.5. The zero-order valence-corrected chi connectivity index (χ0v) is 26.9. The Morgan fingerprint density at radius 1 is 1.07 bits per heavy atom. The monoisotopic (exact) mass is 646 g/mol. The van der Waals surface area contributed by atoms with Gasteiger partial charge in [-0.3, -0.25) is 14.2 Å². The summed E-state index contributed by atoms with van der Waals surface area (Å²) in [5.74, 6) is -0.299. The molecule has 2 aromatic rings. The number of aryl methyl sites for hydroxylation is 1. The number of hydrogen-bond acceptors (Lipinski definition) is 9. The Bertz CT molecular complexity index is 1380. The van der Waals surface area contributed by atoms with Crippen molar-refractivity contribution in [3.63, 3.8) is 0 Å². The topological polar surface area (TPSA) is 175 Å². The van der Waals surface area contributed by atoms with Gasteiger partial charge in [-0.1, -0.05) is 43.2 Å². The van der Waals surface area contributed by atoms with Crippen molar-refractivity contribution in [3.05, 3.63) is 41.6 Å². The van der Waals surface area contributed by atoms with E-state index in [2.05, 4.69) is 10.3 Å². The number of unbranched alkanes of at least 4 members (excludes halogenated alkanes) is 1. The van der Waals surface area contributed by atoms with Gasteiger partial charge in [-0.05, 0) is 26.2 Å². The maximum atomic E-state index is 13.7. The first-order valence-electron chi connectivity index (χ1n) is 15.3. The van der Waals surface area contributed by atoms with Crippen LogP contribution in [0.1, 0.15) is 48.7 Å². The van der Waals surface area contributed by atoms with Crippen molar-refractivity contribution >= 4 is 31.3 Å². The Morgan fingerprint density at radius 3 is 2.38 bits per heavy atom. The number of rotatable bonds is 12. The summed E-state index contributed by atoms with van der Waals surface area (Å²) in [6.45, 7) is 6.40. The molecule has 2 aliphatic heterocycles. The fraction of sp³-hybridized carbons (Fsp3) is 0.567. The minimum atomic E-state index is -4.47. The second kappa shape index (κ2) is 15.6. The Kier molecular flexibility index (Phi) is 11.9. The van der Waals surface area contributed by atoms with Gasteiger partial charge in [0, 0.05) is 58.0 Å². The maximum absolute atomic E-state index is 13.7. The van der Waals surface area contributed by atoms with Crippen molar-refractivity contribution in [2.24, 2.45) is 0 Å². The Labute approximate surface area is 263 Å². The number of hydrogen-bond donors (Lipinski definition) is 3. The molecule has 0 radical (unpaired) electrons. The van der Waals surface area contributed by atoms with Gasteiger partial charge in [0.2, 0.25) is 5.91 Å². The summed E-state index contributed by atoms with van der Waals surface area (Å²) in [5.41, 5.74) is 1.78. The van der Waals surface area contributed by atoms with Crippen LogP contribution in [-0.4, -0.2) is 119 Å². The SMILES string of the molecule is CCCCOC(=O)N1CCN(C(=O)C(CCP(=O)(O)O)NC(=O)c2cc(N3CCC(OC)C3)nc(-c3ccc(C)cc3)n2)CC1. The second-order valence-corrected chi connectivity index (χ2v) is 13.2. The van der Waals surface area contributed by atoms with Crippen LogP contribution in [0.2, 0.25) is 0 Å². The van der Waals surface area contributed by atoms with Crippen molar-refractivity contribution in [1.29, 1.82) is 0 Å². The predicted octanol–water partition coefficient (Wildman–Crippen LogP) is 2.42. The van der Waals surface area contributed by atoms with E-state index in [4.69, 9.17) is 14.5 Å². The third kappa shape index (κ3) is 9.70. The number of methoxy groups -OCH3 is 1. The highest BCUT2D eigenvalue weighted by Gasteiger charge is 2.33. The van der Waals surface area contributed by atoms with Crippen LogP contribution in [0, 0.1) is 6.92 Å². The number of carbonyl (C=O) groups is 3. The molecule has 2 atom stereocenters. The molecule has 14 nitrogen and oxygen atoms in total. The number of carbonyl (C=O) groups excluding carboxylic acids is 3. The van der Waals surface area contributed by atoms with E-state index in [0.29, 0.717) is 36.9 Å². The quantitative estimate of drug-likeness (QED) is 0.228. The summed E-state index contributed by atoms with van der Waals surface area (Å²) in [6.07, 6.45) is 1.16. The molecule has 2 aliphatic rings. The lowest BCUT2D eigenvalue weighted by molar-refractivity contribution is -0.134. The molecule has 0 spiro atoms. The molecule has 3 N–H and O–H groups in total. The molecule has 1 aromatic carbocycles. The van der Waals surface area contributed by atoms with Gasteiger partial charge in [-0.2, -0.15) is 0 Å². The smallest absolute Gasteiger partial charge is 0.409 e. The summed E-state index contributed by atoms with van der Waals surface area (Å²) in [6, 6.07) is 7.90. The maximum Gasteiger partial charge on any atom is 0.409 e. The van der Waals surface area contributed by atoms with Crippen molar-refractivity contribution in [2.45, 2.75) is 51.7 Å². The van der Waals surface area contributed by atoms with Crippen LogP contribution < -0.4 is 10.2 Å². The number of piperazine rings is 1. The molecule has 3 amide bonds. The van der Waals surface area contributed by atoms with Crippen LogP contribution in [0.25, 0.3) is 11.4 Å². The Morgan fingerprint density at radius 2 is 1.76 bits per heavy atom. The van der Waals surface area contributed by atoms with Crippen LogP contribution in [0.3, 0.4) is 0 Å². The Hall–Kier alpha value is -3.58. The lowest BCUT2D eigenvalue weighted by Gasteiger charge is -2.36. The summed E-state index contributed by atoms with van der Waals surface area (Å²) in [4.78, 5) is 73.0. The predicted molar refractivity (Wildman–Crippen MR) is 167 cm³/mol. The van der Waals surface area contributed by atoms with Crippen molar-refractivity contribution in [3.8, 4) is 11.4 Å². The fourth-order valence-corrected chi connectivity index (χ4v) is 5.78. The van der Waals surface area contributed by atoms with E-state index in [1.807, 2.05) is 43.0 Å². The molecule has 0 saturated carbocycles. The van der Waals surface area contributed by atoms with Gasteiger partial charge in [0.15, 0.2) is 5.82 Å². The van der Waals surface area contributed by atoms with Crippen molar-refractivity contribution in [2.75, 3.05) is 64.0 Å². The lowest BCUT2D eigenvalue weighted by atomic mass is 10.1. The Balaban J connectivity index is 1.53. The molecule has 2 unspecified atom stereocenters. The lowest BCUT2D eigenvalue weighted by Crippen LogP contribution is -2.56. The molecular formula is C30H43N6O8P. The van der Waals surface area contributed by atoms with E-state index in [0.717, 1.165) is 24.8 Å². The molecule has 15 heteroatoms. The zero-order chi connectivity index (χ0) is 32.6. The normalized spacial score (nSPS) is 17.7. The molecule has 2 fully saturated rings. The standard InChI is InChI=1S/C30H43N6O8P/c1-4-5-17-44-30(39)35-15-13-34(14-16-35)29(38)24(11-18-45(40,41)42)32-28(37)25-19-26(36-12-10-23(20-36)43-3)33-27(31-25)22-8-6-21(2)7-9-22/h6-9,19,23-24H,4-5,10-18,20H2,1-3H3,(H,32,37)(H2,40,41,42). The fourth-order valence-electron chi connectivity index (χ4n) is 5.18. The number of benzene rings is 1. The molecule has 45 heavy (non-hydrogen) atoms. The van der Waals surface area contributed by atoms with Crippen molar-refractivity contribution in [1.82, 2.24) is 25.1 Å². The van der Waals surface area contributed by atoms with E-state index >= 15 is 0 Å². The van der Waals surface area contributed by atoms with Crippen LogP contribution in [-0.2, 0) is 18.8 Å². The van der Waals surface area contributed by atoms with E-state index in [-0.39, 0.29) is 44.4 Å². The van der Waals surface area contributed by atoms with E-state index < -0.39 is 37.7 Å². The van der Waals surface area contributed by atoms with Gasteiger partial charge in [-0.25, -0.2) is 14.8 Å². The molecule has 2 saturated heterocycles. The van der Waals surface area contributed by atoms with E-state index in [1.54, 1.807) is 13.2 Å². The number of aromatic nitrogens is 2. The van der Waals surface area contributed by atoms with E-state index in [1.165, 1.54) is 9.80 Å². The molecule has 0 aliphatic carbocycles. The second-order valence-electron chi connectivity index (χ2n) is 11.4. The number of ether oxygens (including phenoxy) is 2. The average molecular weight is 647 g/mol. The van der Waals surface area contributed by atoms with Crippen LogP contribution >= 0.6 is 7.60 Å². The molecule has 0 bridgehead atoms. The average Bonchev–Trinajstić information content (AvgIpc) is 3.52. The molecule has 246 valence electrons. The minimum absolute atomic E-state index is 0.0186. The summed E-state index contributed by atoms with van der Waals surface area (Å²) in [5, 5.41) is 2.68. The number of nitrogens with one attached hydrogen (secondary N) is 1. The van der Waals surface area contributed by atoms with Gasteiger partial charge in [0.1, 0.15) is 17.6 Å². The van der Waals surface area contributed by atoms with Crippen LogP contribution in [0.15, 0.2) is 30.3 Å². The van der Waals surface area contributed by atoms with Crippen molar-refractivity contribution < 1.29 is 38.2 Å². The summed E-state index contributed by atoms with van der Waals surface area (Å²) >= 11 is 0. The highest BCUT2D eigenvalue weighted by molar-refractivity contribution is 7.51. The van der Waals surface area contributed by atoms with Gasteiger partial charge < -0.3 is 39.3 Å². The molecule has 1 aromatic heterocycles. The highest BCUT2D eigenvalue weighted by atomic mass is 31.2. The first-order valence-corrected chi connectivity index (χ1v) is 17.1. The third-order valence-corrected chi connectivity index (χ3v) is 8.78. The van der Waals surface area contributed by atoms with Crippen LogP contribution in [0.5, 0.6) is 0 Å². The van der Waals surface area contributed by atoms with E-state index in [9.17, 15) is 28.7 Å². The first-order chi connectivity index (χ1) is 21.5. The summed E-state index contributed by atoms with van der Waals surface area (Å²) in [7, 11) is -2.82. The van der Waals surface area contributed by atoms with Gasteiger partial charge >= 0.3 is 13.7 Å². The van der Waals surface area contributed by atoms with Crippen LogP contribution in [0.4, 0.5) is 10.6 Å². The molecule has 3 heterocycles. The number of anilines is 1. The van der Waals surface area contributed by atoms with Gasteiger partial charge in [0.05, 0.1) is 18.9 Å². The highest BCUT2D eigenvalue weighted by Crippen LogP contribution is 2.35. The van der Waals surface area contributed by atoms with Gasteiger partial charge in [-0.15, -0.1) is 0 Å². The zero-order valence-electron chi connectivity index (χ0n) is 26.1. The number of amides is 3. The number of nitrogens with zero attached hydrogens (tertiary/aromatic N) is 5.